The molecule has 4 aromatic rings. The monoisotopic (exact) mass is 395 g/mol. The Morgan fingerprint density at radius 3 is 2.93 bits per heavy atom. The summed E-state index contributed by atoms with van der Waals surface area (Å²) in [5.74, 6) is 1.14. The zero-order valence-electron chi connectivity index (χ0n) is 15.1. The molecule has 0 fully saturated rings. The van der Waals surface area contributed by atoms with Gasteiger partial charge in [-0.3, -0.25) is 4.79 Å². The van der Waals surface area contributed by atoms with E-state index in [1.165, 1.54) is 0 Å². The van der Waals surface area contributed by atoms with Crippen molar-refractivity contribution in [2.24, 2.45) is 0 Å². The van der Waals surface area contributed by atoms with Crippen molar-refractivity contribution >= 4 is 23.1 Å². The Bertz CT molecular complexity index is 1070. The summed E-state index contributed by atoms with van der Waals surface area (Å²) in [4.78, 5) is 17.6. The van der Waals surface area contributed by atoms with Gasteiger partial charge in [-0.1, -0.05) is 41.2 Å². The van der Waals surface area contributed by atoms with E-state index in [0.717, 1.165) is 35.6 Å². The zero-order valence-corrected chi connectivity index (χ0v) is 15.9. The molecule has 0 bridgehead atoms. The second-order valence-corrected chi connectivity index (χ2v) is 6.83. The molecule has 3 heterocycles. The lowest BCUT2D eigenvalue weighted by atomic mass is 10.1. The van der Waals surface area contributed by atoms with E-state index in [4.69, 9.17) is 8.94 Å². The van der Waals surface area contributed by atoms with Gasteiger partial charge in [-0.2, -0.15) is 4.98 Å². The number of carbonyl (C=O) groups is 1. The number of furan rings is 1. The molecule has 0 radical (unpaired) electrons. The highest BCUT2D eigenvalue weighted by Crippen LogP contribution is 2.23. The number of nitrogens with one attached hydrogen (secondary N) is 1. The van der Waals surface area contributed by atoms with Crippen LogP contribution in [0, 0.1) is 0 Å². The van der Waals surface area contributed by atoms with Gasteiger partial charge in [-0.25, -0.2) is 0 Å². The van der Waals surface area contributed by atoms with Crippen LogP contribution in [-0.2, 0) is 12.8 Å². The molecule has 142 valence electrons. The Balaban J connectivity index is 1.52. The fraction of sp³-hybridized carbons (Fsp3) is 0.211. The van der Waals surface area contributed by atoms with Crippen LogP contribution in [0.2, 0.25) is 0 Å². The van der Waals surface area contributed by atoms with Crippen molar-refractivity contribution < 1.29 is 13.7 Å². The van der Waals surface area contributed by atoms with Crippen molar-refractivity contribution in [1.82, 2.24) is 19.7 Å². The average molecular weight is 395 g/mol. The largest absolute Gasteiger partial charge is 0.461 e. The third-order valence-electron chi connectivity index (χ3n) is 4.07. The summed E-state index contributed by atoms with van der Waals surface area (Å²) in [6, 6.07) is 11.0. The van der Waals surface area contributed by atoms with Crippen molar-refractivity contribution in [3.63, 3.8) is 0 Å². The van der Waals surface area contributed by atoms with E-state index in [-0.39, 0.29) is 5.91 Å². The third-order valence-corrected chi connectivity index (χ3v) is 4.83. The Hall–Kier alpha value is -3.33. The fourth-order valence-electron chi connectivity index (χ4n) is 2.75. The number of nitrogens with zero attached hydrogens (tertiary/aromatic N) is 4. The molecule has 0 aliphatic carbocycles. The maximum absolute atomic E-state index is 12.7. The van der Waals surface area contributed by atoms with Crippen LogP contribution >= 0.6 is 11.5 Å². The van der Waals surface area contributed by atoms with Gasteiger partial charge in [0.15, 0.2) is 5.76 Å². The summed E-state index contributed by atoms with van der Waals surface area (Å²) in [7, 11) is 0. The van der Waals surface area contributed by atoms with E-state index in [0.29, 0.717) is 34.5 Å². The number of para-hydroxylation sites is 1. The number of hydrogen-bond acceptors (Lipinski definition) is 8. The molecule has 0 atom stereocenters. The summed E-state index contributed by atoms with van der Waals surface area (Å²) < 4.78 is 14.5. The quantitative estimate of drug-likeness (QED) is 0.504. The van der Waals surface area contributed by atoms with Gasteiger partial charge in [0.05, 0.1) is 18.4 Å². The average Bonchev–Trinajstić information content (AvgIpc) is 3.45. The second-order valence-electron chi connectivity index (χ2n) is 6.08. The van der Waals surface area contributed by atoms with Crippen LogP contribution in [0.25, 0.3) is 11.6 Å². The van der Waals surface area contributed by atoms with Gasteiger partial charge in [0.2, 0.25) is 11.7 Å². The first-order valence-corrected chi connectivity index (χ1v) is 9.59. The molecule has 1 amide bonds. The zero-order chi connectivity index (χ0) is 19.3. The molecular formula is C19H17N5O3S. The van der Waals surface area contributed by atoms with E-state index in [9.17, 15) is 4.79 Å². The summed E-state index contributed by atoms with van der Waals surface area (Å²) in [6.07, 6.45) is 3.56. The van der Waals surface area contributed by atoms with Crippen LogP contribution in [0.3, 0.4) is 0 Å². The lowest BCUT2D eigenvalue weighted by Gasteiger charge is -2.09. The van der Waals surface area contributed by atoms with Gasteiger partial charge in [-0.15, -0.1) is 5.10 Å². The minimum Gasteiger partial charge on any atom is -0.461 e. The van der Waals surface area contributed by atoms with Crippen molar-refractivity contribution in [2.75, 3.05) is 5.32 Å². The molecule has 0 aliphatic rings. The molecular weight excluding hydrogens is 378 g/mol. The minimum atomic E-state index is -0.215. The van der Waals surface area contributed by atoms with Crippen molar-refractivity contribution in [1.29, 1.82) is 0 Å². The Morgan fingerprint density at radius 1 is 1.21 bits per heavy atom. The Morgan fingerprint density at radius 2 is 2.11 bits per heavy atom. The number of carbonyl (C=O) groups excluding carboxylic acids is 1. The van der Waals surface area contributed by atoms with Gasteiger partial charge in [-0.05, 0) is 41.7 Å². The van der Waals surface area contributed by atoms with E-state index in [1.807, 2.05) is 31.2 Å². The molecule has 0 spiro atoms. The number of aromatic nitrogens is 4. The van der Waals surface area contributed by atoms with Crippen LogP contribution in [0.4, 0.5) is 5.69 Å². The molecule has 0 saturated heterocycles. The molecule has 1 aromatic carbocycles. The SMILES string of the molecule is CCCc1nnsc1C(=O)Nc1ccccc1Cc1nc(-c2ccco2)no1. The summed E-state index contributed by atoms with van der Waals surface area (Å²) >= 11 is 1.10. The van der Waals surface area contributed by atoms with Gasteiger partial charge in [0, 0.05) is 5.69 Å². The lowest BCUT2D eigenvalue weighted by molar-refractivity contribution is 0.102. The summed E-state index contributed by atoms with van der Waals surface area (Å²) in [5, 5.41) is 10.9. The van der Waals surface area contributed by atoms with E-state index >= 15 is 0 Å². The van der Waals surface area contributed by atoms with Gasteiger partial charge in [0.25, 0.3) is 5.91 Å². The van der Waals surface area contributed by atoms with Crippen LogP contribution < -0.4 is 5.32 Å². The Kier molecular flexibility index (Phi) is 5.24. The van der Waals surface area contributed by atoms with Crippen molar-refractivity contribution in [3.8, 4) is 11.6 Å². The molecule has 8 nitrogen and oxygen atoms in total. The van der Waals surface area contributed by atoms with Crippen LogP contribution in [0.15, 0.2) is 51.6 Å². The number of aryl methyl sites for hydroxylation is 1. The molecule has 0 aliphatic heterocycles. The topological polar surface area (TPSA) is 107 Å². The van der Waals surface area contributed by atoms with Crippen molar-refractivity contribution in [2.45, 2.75) is 26.2 Å². The molecule has 4 rings (SSSR count). The number of amides is 1. The molecule has 9 heteroatoms. The van der Waals surface area contributed by atoms with Crippen LogP contribution in [0.1, 0.15) is 40.2 Å². The molecule has 3 aromatic heterocycles. The summed E-state index contributed by atoms with van der Waals surface area (Å²) in [5.41, 5.74) is 2.27. The summed E-state index contributed by atoms with van der Waals surface area (Å²) in [6.45, 7) is 2.04. The second kappa shape index (κ2) is 8.13. The van der Waals surface area contributed by atoms with Gasteiger partial charge in [0.1, 0.15) is 4.88 Å². The molecule has 1 N–H and O–H groups in total. The standard InChI is InChI=1S/C19H17N5O3S/c1-2-6-14-17(28-24-22-14)19(25)20-13-8-4-3-7-12(13)11-16-21-18(23-27-16)15-9-5-10-26-15/h3-5,7-10H,2,6,11H2,1H3,(H,20,25). The van der Waals surface area contributed by atoms with E-state index < -0.39 is 0 Å². The lowest BCUT2D eigenvalue weighted by Crippen LogP contribution is -2.14. The number of anilines is 1. The maximum Gasteiger partial charge on any atom is 0.269 e. The Labute approximate surface area is 164 Å². The van der Waals surface area contributed by atoms with Crippen molar-refractivity contribution in [3.05, 3.63) is 64.7 Å². The number of rotatable bonds is 7. The van der Waals surface area contributed by atoms with Crippen LogP contribution in [-0.4, -0.2) is 25.6 Å². The smallest absolute Gasteiger partial charge is 0.269 e. The first-order chi connectivity index (χ1) is 13.7. The highest BCUT2D eigenvalue weighted by atomic mass is 32.1. The van der Waals surface area contributed by atoms with Gasteiger partial charge >= 0.3 is 0 Å². The number of benzene rings is 1. The molecule has 28 heavy (non-hydrogen) atoms. The third kappa shape index (κ3) is 3.84. The first kappa shape index (κ1) is 18.1. The minimum absolute atomic E-state index is 0.215. The molecule has 0 saturated carbocycles. The highest BCUT2D eigenvalue weighted by molar-refractivity contribution is 7.08. The number of hydrogen-bond donors (Lipinski definition) is 1. The van der Waals surface area contributed by atoms with E-state index in [1.54, 1.807) is 18.4 Å². The predicted octanol–water partition coefficient (Wildman–Crippen LogP) is 3.98. The van der Waals surface area contributed by atoms with E-state index in [2.05, 4.69) is 25.0 Å². The normalized spacial score (nSPS) is 10.9. The predicted molar refractivity (Wildman–Crippen MR) is 103 cm³/mol. The highest BCUT2D eigenvalue weighted by Gasteiger charge is 2.18. The van der Waals surface area contributed by atoms with Crippen LogP contribution in [0.5, 0.6) is 0 Å². The maximum atomic E-state index is 12.7. The fourth-order valence-corrected chi connectivity index (χ4v) is 3.36. The van der Waals surface area contributed by atoms with Gasteiger partial charge < -0.3 is 14.3 Å². The first-order valence-electron chi connectivity index (χ1n) is 8.81. The molecule has 0 unspecified atom stereocenters.